The van der Waals surface area contributed by atoms with Gasteiger partial charge >= 0.3 is 6.09 Å². The number of azo groups is 1. The minimum atomic E-state index is -0.566. The zero-order chi connectivity index (χ0) is 24.8. The van der Waals surface area contributed by atoms with Gasteiger partial charge in [0.05, 0.1) is 35.2 Å². The Kier molecular flexibility index (Phi) is 10.5. The van der Waals surface area contributed by atoms with E-state index < -0.39 is 11.0 Å². The van der Waals surface area contributed by atoms with Gasteiger partial charge in [0, 0.05) is 30.9 Å². The first-order chi connectivity index (χ1) is 16.5. The number of amides is 1. The molecular formula is C23H25N7O4. The van der Waals surface area contributed by atoms with E-state index in [9.17, 15) is 20.2 Å². The summed E-state index contributed by atoms with van der Waals surface area (Å²) in [6, 6.07) is 14.8. The summed E-state index contributed by atoms with van der Waals surface area (Å²) in [6.45, 7) is 3.62. The molecule has 0 aliphatic rings. The Morgan fingerprint density at radius 2 is 1.94 bits per heavy atom. The quantitative estimate of drug-likeness (QED) is 0.198. The fraction of sp³-hybridized carbons (Fsp3) is 0.348. The number of unbranched alkanes of at least 4 members (excludes halogenated alkanes) is 1. The third kappa shape index (κ3) is 8.20. The molecule has 11 heteroatoms. The molecule has 0 unspecified atom stereocenters. The second kappa shape index (κ2) is 13.8. The van der Waals surface area contributed by atoms with Gasteiger partial charge in [-0.2, -0.15) is 15.6 Å². The molecule has 0 aliphatic heterocycles. The van der Waals surface area contributed by atoms with E-state index >= 15 is 0 Å². The van der Waals surface area contributed by atoms with Crippen LogP contribution in [0.5, 0.6) is 0 Å². The third-order valence-electron chi connectivity index (χ3n) is 4.69. The summed E-state index contributed by atoms with van der Waals surface area (Å²) in [4.78, 5) is 24.0. The van der Waals surface area contributed by atoms with Crippen molar-refractivity contribution in [2.75, 3.05) is 31.1 Å². The number of hydrogen-bond acceptors (Lipinski definition) is 9. The normalized spacial score (nSPS) is 10.3. The van der Waals surface area contributed by atoms with Crippen molar-refractivity contribution >= 4 is 28.8 Å². The predicted octanol–water partition coefficient (Wildman–Crippen LogP) is 5.13. The van der Waals surface area contributed by atoms with E-state index in [4.69, 9.17) is 10.00 Å². The van der Waals surface area contributed by atoms with Crippen molar-refractivity contribution in [3.05, 3.63) is 58.1 Å². The highest BCUT2D eigenvalue weighted by atomic mass is 16.6. The van der Waals surface area contributed by atoms with Crippen molar-refractivity contribution in [3.63, 3.8) is 0 Å². The summed E-state index contributed by atoms with van der Waals surface area (Å²) in [5, 5.41) is 39.9. The van der Waals surface area contributed by atoms with Crippen molar-refractivity contribution in [3.8, 4) is 12.1 Å². The van der Waals surface area contributed by atoms with Crippen LogP contribution in [0.15, 0.2) is 52.7 Å². The first-order valence-electron chi connectivity index (χ1n) is 10.7. The summed E-state index contributed by atoms with van der Waals surface area (Å²) in [6.07, 6.45) is 1.69. The molecule has 2 rings (SSSR count). The number of alkyl carbamates (subject to hydrolysis) is 1. The summed E-state index contributed by atoms with van der Waals surface area (Å²) in [5.74, 6) is 0. The first-order valence-corrected chi connectivity index (χ1v) is 10.7. The molecule has 1 N–H and O–H groups in total. The molecule has 0 heterocycles. The SMILES string of the molecule is CCCCNC(=O)OCCN(CCC#N)c1ccc(N=Nc2cc([N+](=O)[O-])ccc2C#N)cc1. The molecule has 0 bridgehead atoms. The zero-order valence-corrected chi connectivity index (χ0v) is 18.8. The Labute approximate surface area is 197 Å². The molecule has 0 saturated carbocycles. The number of benzene rings is 2. The molecule has 0 spiro atoms. The van der Waals surface area contributed by atoms with Crippen molar-refractivity contribution in [2.24, 2.45) is 10.2 Å². The van der Waals surface area contributed by atoms with Crippen LogP contribution in [0.2, 0.25) is 0 Å². The van der Waals surface area contributed by atoms with Crippen molar-refractivity contribution in [1.82, 2.24) is 5.32 Å². The molecule has 2 aromatic rings. The zero-order valence-electron chi connectivity index (χ0n) is 18.8. The van der Waals surface area contributed by atoms with Crippen LogP contribution >= 0.6 is 0 Å². The van der Waals surface area contributed by atoms with E-state index in [2.05, 4.69) is 21.6 Å². The number of carbonyl (C=O) groups is 1. The lowest BCUT2D eigenvalue weighted by Crippen LogP contribution is -2.32. The second-order valence-electron chi connectivity index (χ2n) is 7.10. The number of nitro groups is 1. The summed E-state index contributed by atoms with van der Waals surface area (Å²) >= 11 is 0. The van der Waals surface area contributed by atoms with Crippen LogP contribution in [0.3, 0.4) is 0 Å². The molecular weight excluding hydrogens is 438 g/mol. The highest BCUT2D eigenvalue weighted by Gasteiger charge is 2.11. The molecule has 176 valence electrons. The van der Waals surface area contributed by atoms with Crippen LogP contribution in [0.1, 0.15) is 31.7 Å². The molecule has 0 fully saturated rings. The summed E-state index contributed by atoms with van der Waals surface area (Å²) in [7, 11) is 0. The van der Waals surface area contributed by atoms with Gasteiger partial charge in [-0.25, -0.2) is 4.79 Å². The Bertz CT molecular complexity index is 1090. The molecule has 11 nitrogen and oxygen atoms in total. The number of nitrogens with zero attached hydrogens (tertiary/aromatic N) is 6. The van der Waals surface area contributed by atoms with Crippen molar-refractivity contribution in [1.29, 1.82) is 10.5 Å². The molecule has 2 aromatic carbocycles. The number of rotatable bonds is 12. The van der Waals surface area contributed by atoms with E-state index in [-0.39, 0.29) is 23.5 Å². The molecule has 34 heavy (non-hydrogen) atoms. The van der Waals surface area contributed by atoms with Crippen LogP contribution in [0.25, 0.3) is 0 Å². The number of nitriles is 2. The minimum Gasteiger partial charge on any atom is -0.448 e. The van der Waals surface area contributed by atoms with E-state index in [0.29, 0.717) is 31.7 Å². The number of nitrogens with one attached hydrogen (secondary N) is 1. The van der Waals surface area contributed by atoms with Gasteiger partial charge in [-0.3, -0.25) is 10.1 Å². The second-order valence-corrected chi connectivity index (χ2v) is 7.10. The molecule has 0 radical (unpaired) electrons. The minimum absolute atomic E-state index is 0.103. The standard InChI is InChI=1S/C23H25N7O4/c1-2-3-12-26-23(31)34-15-14-29(13-4-11-24)20-9-6-19(7-10-20)27-28-22-16-21(30(32)33)8-5-18(22)17-25/h5-10,16H,2-4,12-15H2,1H3,(H,26,31). The molecule has 0 aliphatic carbocycles. The van der Waals surface area contributed by atoms with Gasteiger partial charge in [0.25, 0.3) is 5.69 Å². The summed E-state index contributed by atoms with van der Waals surface area (Å²) in [5.41, 5.74) is 1.37. The van der Waals surface area contributed by atoms with Gasteiger partial charge in [-0.15, -0.1) is 5.11 Å². The van der Waals surface area contributed by atoms with Gasteiger partial charge in [0.2, 0.25) is 0 Å². The smallest absolute Gasteiger partial charge is 0.407 e. The Hall–Kier alpha value is -4.51. The predicted molar refractivity (Wildman–Crippen MR) is 125 cm³/mol. The lowest BCUT2D eigenvalue weighted by atomic mass is 10.2. The maximum Gasteiger partial charge on any atom is 0.407 e. The fourth-order valence-corrected chi connectivity index (χ4v) is 2.87. The molecule has 1 amide bonds. The topological polar surface area (TPSA) is 157 Å². The average Bonchev–Trinajstić information content (AvgIpc) is 2.85. The fourth-order valence-electron chi connectivity index (χ4n) is 2.87. The molecule has 0 saturated heterocycles. The Morgan fingerprint density at radius 1 is 1.18 bits per heavy atom. The Morgan fingerprint density at radius 3 is 2.59 bits per heavy atom. The number of carbonyl (C=O) groups excluding carboxylic acids is 1. The number of hydrogen-bond donors (Lipinski definition) is 1. The Balaban J connectivity index is 2.05. The average molecular weight is 463 g/mol. The number of anilines is 1. The number of nitro benzene ring substituents is 1. The van der Waals surface area contributed by atoms with Gasteiger partial charge in [0.1, 0.15) is 18.4 Å². The van der Waals surface area contributed by atoms with Gasteiger partial charge in [-0.05, 0) is 36.8 Å². The van der Waals surface area contributed by atoms with Crippen molar-refractivity contribution in [2.45, 2.75) is 26.2 Å². The van der Waals surface area contributed by atoms with Crippen molar-refractivity contribution < 1.29 is 14.5 Å². The van der Waals surface area contributed by atoms with E-state index in [1.807, 2.05) is 17.9 Å². The molecule has 0 atom stereocenters. The van der Waals surface area contributed by atoms with Crippen LogP contribution in [0.4, 0.5) is 27.5 Å². The third-order valence-corrected chi connectivity index (χ3v) is 4.69. The summed E-state index contributed by atoms with van der Waals surface area (Å²) < 4.78 is 5.20. The number of ether oxygens (including phenoxy) is 1. The number of non-ortho nitro benzene ring substituents is 1. The van der Waals surface area contributed by atoms with Gasteiger partial charge in [-0.1, -0.05) is 13.3 Å². The highest BCUT2D eigenvalue weighted by molar-refractivity contribution is 5.67. The highest BCUT2D eigenvalue weighted by Crippen LogP contribution is 2.27. The van der Waals surface area contributed by atoms with Crippen LogP contribution in [-0.2, 0) is 4.74 Å². The maximum absolute atomic E-state index is 11.7. The van der Waals surface area contributed by atoms with Gasteiger partial charge < -0.3 is 15.0 Å². The van der Waals surface area contributed by atoms with Crippen LogP contribution in [0, 0.1) is 32.8 Å². The van der Waals surface area contributed by atoms with Crippen LogP contribution in [-0.4, -0.2) is 37.3 Å². The lowest BCUT2D eigenvalue weighted by molar-refractivity contribution is -0.384. The first kappa shape index (κ1) is 25.7. The van der Waals surface area contributed by atoms with E-state index in [0.717, 1.165) is 18.5 Å². The molecule has 0 aromatic heterocycles. The lowest BCUT2D eigenvalue weighted by Gasteiger charge is -2.23. The van der Waals surface area contributed by atoms with E-state index in [1.165, 1.54) is 18.2 Å². The largest absolute Gasteiger partial charge is 0.448 e. The van der Waals surface area contributed by atoms with Gasteiger partial charge in [0.15, 0.2) is 0 Å². The monoisotopic (exact) mass is 463 g/mol. The van der Waals surface area contributed by atoms with E-state index in [1.54, 1.807) is 24.3 Å². The maximum atomic E-state index is 11.7. The van der Waals surface area contributed by atoms with Crippen LogP contribution < -0.4 is 10.2 Å².